The van der Waals surface area contributed by atoms with E-state index in [-0.39, 0.29) is 47.5 Å². The summed E-state index contributed by atoms with van der Waals surface area (Å²) in [6.07, 6.45) is 6.73. The van der Waals surface area contributed by atoms with E-state index in [2.05, 4.69) is 65.2 Å². The number of carbonyl (C=O) groups is 5. The number of rotatable bonds is 24. The predicted molar refractivity (Wildman–Crippen MR) is 273 cm³/mol. The monoisotopic (exact) mass is 1060 g/mol. The highest BCUT2D eigenvalue weighted by Gasteiger charge is 2.45. The van der Waals surface area contributed by atoms with Crippen LogP contribution in [-0.2, 0) is 53.0 Å². The van der Waals surface area contributed by atoms with E-state index in [0.29, 0.717) is 129 Å². The summed E-state index contributed by atoms with van der Waals surface area (Å²) in [5.41, 5.74) is 1.90. The molecule has 9 rings (SSSR count). The third-order valence-electron chi connectivity index (χ3n) is 14.6. The van der Waals surface area contributed by atoms with Crippen LogP contribution in [0.25, 0.3) is 0 Å². The lowest BCUT2D eigenvalue weighted by Crippen LogP contribution is -2.66. The van der Waals surface area contributed by atoms with Gasteiger partial charge in [-0.15, -0.1) is 5.10 Å². The van der Waals surface area contributed by atoms with Crippen LogP contribution in [0.15, 0.2) is 48.9 Å². The number of hydrogen-bond donors (Lipinski definition) is 4. The third kappa shape index (κ3) is 13.6. The molecule has 0 bridgehead atoms. The Labute approximate surface area is 439 Å². The molecule has 1 unspecified atom stereocenters. The molecule has 5 amide bonds. The smallest absolute Gasteiger partial charge is 0.262 e. The zero-order valence-corrected chi connectivity index (χ0v) is 43.1. The number of carbonyl (C=O) groups excluding carboxylic acids is 5. The SMILES string of the molecule is CC1(C)CCN(Cc2cc(F)c(N3CC(=O)NC4(CCN(c5cc(NCc6cn(CCOCCOCCOCCOCCNc7ccc8c(c7)C(=O)N(C7CCC(=O)NC7=O)C8=O)nn6)ncn5)CC4)C3)cc2F)CC1. The lowest BCUT2D eigenvalue weighted by atomic mass is 9.82. The molecule has 1 atom stereocenters. The number of anilines is 4. The first-order valence-corrected chi connectivity index (χ1v) is 26.1. The first-order chi connectivity index (χ1) is 36.7. The van der Waals surface area contributed by atoms with Gasteiger partial charge in [-0.1, -0.05) is 19.1 Å². The molecule has 408 valence electrons. The minimum atomic E-state index is -1.01. The number of halogens is 2. The van der Waals surface area contributed by atoms with Gasteiger partial charge >= 0.3 is 0 Å². The fourth-order valence-corrected chi connectivity index (χ4v) is 10.2. The summed E-state index contributed by atoms with van der Waals surface area (Å²) in [6.45, 7) is 12.6. The Morgan fingerprint density at radius 3 is 2.20 bits per heavy atom. The third-order valence-corrected chi connectivity index (χ3v) is 14.6. The molecule has 76 heavy (non-hydrogen) atoms. The Morgan fingerprint density at radius 1 is 0.750 bits per heavy atom. The molecule has 7 heterocycles. The van der Waals surface area contributed by atoms with Crippen molar-refractivity contribution in [2.45, 2.75) is 83.6 Å². The number of amides is 5. The number of nitrogens with one attached hydrogen (secondary N) is 4. The zero-order valence-electron chi connectivity index (χ0n) is 43.1. The first kappa shape index (κ1) is 54.1. The Balaban J connectivity index is 0.601. The number of benzene rings is 2. The highest BCUT2D eigenvalue weighted by molar-refractivity contribution is 6.23. The largest absolute Gasteiger partial charge is 0.383 e. The molecule has 5 aliphatic rings. The van der Waals surface area contributed by atoms with E-state index < -0.39 is 46.8 Å². The van der Waals surface area contributed by atoms with Crippen molar-refractivity contribution in [3.8, 4) is 0 Å². The maximum atomic E-state index is 15.7. The highest BCUT2D eigenvalue weighted by Crippen LogP contribution is 2.35. The molecule has 5 aliphatic heterocycles. The second-order valence-electron chi connectivity index (χ2n) is 20.7. The quantitative estimate of drug-likeness (QED) is 0.0582. The standard InChI is InChI=1S/C52H67F2N13O9/c1-51(2)7-12-63(13-8-51)30-35-25-41(54)43(27-40(35)53)65-32-47(69)60-52(33-65)9-14-64(15-10-52)45-28-44(57-34-58-45)56-29-37-31-66(62-61-37)16-18-74-20-22-76-24-23-75-21-19-73-17-11-55-36-3-4-38-39(26-36)50(72)67(49(38)71)42-5-6-46(68)59-48(42)70/h3-4,25-28,31,34,42,55H,5-24,29-30,32-33H2,1-2H3,(H,60,69)(H,56,57,58)(H,59,68,70). The molecule has 2 aromatic heterocycles. The maximum absolute atomic E-state index is 15.7. The van der Waals surface area contributed by atoms with Gasteiger partial charge in [0, 0.05) is 62.5 Å². The van der Waals surface area contributed by atoms with Crippen LogP contribution < -0.4 is 31.1 Å². The Morgan fingerprint density at radius 2 is 1.46 bits per heavy atom. The second-order valence-corrected chi connectivity index (χ2v) is 20.7. The summed E-state index contributed by atoms with van der Waals surface area (Å²) in [5, 5.41) is 20.3. The number of imide groups is 2. The Kier molecular flexibility index (Phi) is 17.4. The molecule has 4 fully saturated rings. The number of nitrogens with zero attached hydrogens (tertiary/aromatic N) is 9. The zero-order chi connectivity index (χ0) is 53.2. The van der Waals surface area contributed by atoms with Gasteiger partial charge in [0.1, 0.15) is 41.3 Å². The van der Waals surface area contributed by atoms with Crippen molar-refractivity contribution in [2.75, 3.05) is 119 Å². The molecule has 24 heteroatoms. The van der Waals surface area contributed by atoms with Gasteiger partial charge in [0.2, 0.25) is 17.7 Å². The fourth-order valence-electron chi connectivity index (χ4n) is 10.2. The van der Waals surface area contributed by atoms with Gasteiger partial charge < -0.3 is 44.7 Å². The molecule has 1 spiro atoms. The van der Waals surface area contributed by atoms with Crippen LogP contribution in [0, 0.1) is 17.0 Å². The average molecular weight is 1060 g/mol. The van der Waals surface area contributed by atoms with Crippen molar-refractivity contribution in [3.63, 3.8) is 0 Å². The Bertz CT molecular complexity index is 2730. The van der Waals surface area contributed by atoms with Crippen molar-refractivity contribution in [2.24, 2.45) is 5.41 Å². The van der Waals surface area contributed by atoms with Crippen molar-refractivity contribution >= 4 is 52.5 Å². The van der Waals surface area contributed by atoms with Crippen LogP contribution in [0.5, 0.6) is 0 Å². The summed E-state index contributed by atoms with van der Waals surface area (Å²) in [6, 6.07) is 8.25. The molecular weight excluding hydrogens is 989 g/mol. The van der Waals surface area contributed by atoms with Gasteiger partial charge in [-0.2, -0.15) is 0 Å². The van der Waals surface area contributed by atoms with E-state index in [1.807, 2.05) is 12.3 Å². The fraction of sp³-hybridized carbons (Fsp3) is 0.558. The number of fused-ring (bicyclic) bond motifs is 1. The normalized spacial score (nSPS) is 19.6. The van der Waals surface area contributed by atoms with Crippen molar-refractivity contribution in [3.05, 3.63) is 82.9 Å². The molecular formula is C52H67F2N13O9. The molecule has 22 nitrogen and oxygen atoms in total. The number of aromatic nitrogens is 5. The van der Waals surface area contributed by atoms with Gasteiger partial charge in [0.05, 0.1) is 101 Å². The number of piperazine rings is 1. The number of piperidine rings is 3. The summed E-state index contributed by atoms with van der Waals surface area (Å²) < 4.78 is 55.4. The van der Waals surface area contributed by atoms with E-state index in [0.717, 1.165) is 42.3 Å². The number of likely N-dealkylation sites (tertiary alicyclic amines) is 1. The van der Waals surface area contributed by atoms with E-state index >= 15 is 8.78 Å². The van der Waals surface area contributed by atoms with E-state index in [4.69, 9.17) is 18.9 Å². The van der Waals surface area contributed by atoms with Crippen LogP contribution in [0.1, 0.15) is 84.3 Å². The first-order valence-electron chi connectivity index (χ1n) is 26.1. The van der Waals surface area contributed by atoms with E-state index in [1.54, 1.807) is 27.8 Å². The van der Waals surface area contributed by atoms with Crippen molar-refractivity contribution < 1.29 is 51.7 Å². The molecule has 4 saturated heterocycles. The number of hydrogen-bond acceptors (Lipinski definition) is 18. The van der Waals surface area contributed by atoms with Crippen LogP contribution in [-0.4, -0.2) is 175 Å². The van der Waals surface area contributed by atoms with Crippen LogP contribution in [0.3, 0.4) is 0 Å². The van der Waals surface area contributed by atoms with Gasteiger partial charge in [-0.3, -0.25) is 39.1 Å². The molecule has 4 aromatic rings. The summed E-state index contributed by atoms with van der Waals surface area (Å²) >= 11 is 0. The summed E-state index contributed by atoms with van der Waals surface area (Å²) in [4.78, 5) is 78.7. The topological polar surface area (TPSA) is 240 Å². The van der Waals surface area contributed by atoms with Gasteiger partial charge in [-0.25, -0.2) is 23.4 Å². The molecule has 0 saturated carbocycles. The minimum absolute atomic E-state index is 0.0403. The highest BCUT2D eigenvalue weighted by atomic mass is 19.1. The van der Waals surface area contributed by atoms with Gasteiger partial charge in [0.25, 0.3) is 11.8 Å². The van der Waals surface area contributed by atoms with E-state index in [9.17, 15) is 24.0 Å². The summed E-state index contributed by atoms with van der Waals surface area (Å²) in [7, 11) is 0. The predicted octanol–water partition coefficient (Wildman–Crippen LogP) is 3.14. The molecule has 2 aromatic carbocycles. The maximum Gasteiger partial charge on any atom is 0.262 e. The van der Waals surface area contributed by atoms with Gasteiger partial charge in [0.15, 0.2) is 0 Å². The van der Waals surface area contributed by atoms with Crippen LogP contribution >= 0.6 is 0 Å². The molecule has 0 aliphatic carbocycles. The van der Waals surface area contributed by atoms with Crippen LogP contribution in [0.4, 0.5) is 31.8 Å². The Hall–Kier alpha value is -6.73. The van der Waals surface area contributed by atoms with Gasteiger partial charge in [-0.05, 0) is 74.9 Å². The van der Waals surface area contributed by atoms with Crippen LogP contribution in [0.2, 0.25) is 0 Å². The lowest BCUT2D eigenvalue weighted by Gasteiger charge is -2.48. The lowest BCUT2D eigenvalue weighted by molar-refractivity contribution is -0.136. The average Bonchev–Trinajstić information content (AvgIpc) is 3.99. The van der Waals surface area contributed by atoms with Crippen molar-refractivity contribution in [1.29, 1.82) is 0 Å². The molecule has 0 radical (unpaired) electrons. The second kappa shape index (κ2) is 24.5. The number of ether oxygens (including phenoxy) is 4. The summed E-state index contributed by atoms with van der Waals surface area (Å²) in [5.74, 6) is -2.00. The minimum Gasteiger partial charge on any atom is -0.383 e. The van der Waals surface area contributed by atoms with Crippen molar-refractivity contribution in [1.82, 2.24) is 45.4 Å². The van der Waals surface area contributed by atoms with E-state index in [1.165, 1.54) is 18.5 Å². The molecule has 4 N–H and O–H groups in total.